The Morgan fingerprint density at radius 2 is 2.19 bits per heavy atom. The van der Waals surface area contributed by atoms with Crippen LogP contribution in [0.4, 0.5) is 0 Å². The molecule has 4 heteroatoms. The Morgan fingerprint density at radius 3 is 2.86 bits per heavy atom. The number of aromatic nitrogens is 2. The number of imidazole rings is 1. The minimum Gasteiger partial charge on any atom is -0.497 e. The third-order valence-electron chi connectivity index (χ3n) is 4.55. The minimum absolute atomic E-state index is 0.0828. The number of ether oxygens (including phenoxy) is 1. The molecule has 0 amide bonds. The average molecular weight is 307 g/mol. The first-order chi connectivity index (χ1) is 10.1. The summed E-state index contributed by atoms with van der Waals surface area (Å²) < 4.78 is 7.75. The molecule has 3 atom stereocenters. The molecule has 3 rings (SSSR count). The van der Waals surface area contributed by atoms with Crippen LogP contribution in [0.3, 0.4) is 0 Å². The van der Waals surface area contributed by atoms with Crippen LogP contribution in [0.25, 0.3) is 11.0 Å². The average Bonchev–Trinajstić information content (AvgIpc) is 2.85. The second-order valence-corrected chi connectivity index (χ2v) is 6.89. The smallest absolute Gasteiger partial charge is 0.127 e. The van der Waals surface area contributed by atoms with E-state index in [-0.39, 0.29) is 5.38 Å². The van der Waals surface area contributed by atoms with Crippen molar-refractivity contribution in [2.45, 2.75) is 50.9 Å². The number of benzene rings is 1. The molecule has 0 aliphatic heterocycles. The van der Waals surface area contributed by atoms with E-state index in [1.165, 1.54) is 25.7 Å². The summed E-state index contributed by atoms with van der Waals surface area (Å²) in [5, 5.41) is -0.0828. The predicted molar refractivity (Wildman–Crippen MR) is 87.2 cm³/mol. The molecule has 3 unspecified atom stereocenters. The number of methoxy groups -OCH3 is 1. The van der Waals surface area contributed by atoms with E-state index in [2.05, 4.69) is 17.6 Å². The van der Waals surface area contributed by atoms with Crippen molar-refractivity contribution in [2.24, 2.45) is 5.92 Å². The Balaban J connectivity index is 2.14. The van der Waals surface area contributed by atoms with Crippen LogP contribution >= 0.6 is 11.6 Å². The molecule has 1 aromatic carbocycles. The summed E-state index contributed by atoms with van der Waals surface area (Å²) in [7, 11) is 1.70. The summed E-state index contributed by atoms with van der Waals surface area (Å²) in [4.78, 5) is 4.76. The molecular formula is C17H23ClN2O. The molecule has 1 aliphatic rings. The van der Waals surface area contributed by atoms with Gasteiger partial charge in [-0.2, -0.15) is 0 Å². The highest BCUT2D eigenvalue weighted by Crippen LogP contribution is 2.38. The standard InChI is InChI=1S/C17H23ClN2O/c1-11-5-4-6-13(9-11)20-16-10-14(21-3)7-8-15(16)19-17(20)12(2)18/h7-8,10-13H,4-6,9H2,1-3H3. The molecule has 1 aromatic heterocycles. The fraction of sp³-hybridized carbons (Fsp3) is 0.588. The topological polar surface area (TPSA) is 27.1 Å². The first kappa shape index (κ1) is 14.7. The fourth-order valence-corrected chi connectivity index (χ4v) is 3.67. The Morgan fingerprint density at radius 1 is 1.38 bits per heavy atom. The highest BCUT2D eigenvalue weighted by atomic mass is 35.5. The summed E-state index contributed by atoms with van der Waals surface area (Å²) in [6, 6.07) is 6.58. The molecule has 1 saturated carbocycles. The van der Waals surface area contributed by atoms with Gasteiger partial charge in [0.25, 0.3) is 0 Å². The summed E-state index contributed by atoms with van der Waals surface area (Å²) in [5.41, 5.74) is 2.16. The van der Waals surface area contributed by atoms with Crippen LogP contribution in [0, 0.1) is 5.92 Å². The van der Waals surface area contributed by atoms with Crippen LogP contribution in [0.2, 0.25) is 0 Å². The maximum atomic E-state index is 6.39. The van der Waals surface area contributed by atoms with Crippen LogP contribution in [0.1, 0.15) is 56.8 Å². The van der Waals surface area contributed by atoms with E-state index in [1.54, 1.807) is 7.11 Å². The zero-order valence-corrected chi connectivity index (χ0v) is 13.7. The van der Waals surface area contributed by atoms with Gasteiger partial charge in [-0.1, -0.05) is 19.8 Å². The third kappa shape index (κ3) is 2.76. The Kier molecular flexibility index (Phi) is 4.12. The van der Waals surface area contributed by atoms with E-state index in [1.807, 2.05) is 19.1 Å². The maximum absolute atomic E-state index is 6.39. The number of hydrogen-bond donors (Lipinski definition) is 0. The summed E-state index contributed by atoms with van der Waals surface area (Å²) >= 11 is 6.39. The summed E-state index contributed by atoms with van der Waals surface area (Å²) in [5.74, 6) is 2.63. The molecule has 1 heterocycles. The van der Waals surface area contributed by atoms with E-state index in [4.69, 9.17) is 21.3 Å². The summed E-state index contributed by atoms with van der Waals surface area (Å²) in [6.45, 7) is 4.35. The number of nitrogens with zero attached hydrogens (tertiary/aromatic N) is 2. The second-order valence-electron chi connectivity index (χ2n) is 6.24. The van der Waals surface area contributed by atoms with E-state index < -0.39 is 0 Å². The van der Waals surface area contributed by atoms with Gasteiger partial charge in [0.2, 0.25) is 0 Å². The number of rotatable bonds is 3. The lowest BCUT2D eigenvalue weighted by Crippen LogP contribution is -2.19. The van der Waals surface area contributed by atoms with E-state index in [0.717, 1.165) is 28.5 Å². The molecule has 114 valence electrons. The van der Waals surface area contributed by atoms with Gasteiger partial charge in [0.1, 0.15) is 11.6 Å². The van der Waals surface area contributed by atoms with Gasteiger partial charge in [0, 0.05) is 12.1 Å². The number of fused-ring (bicyclic) bond motifs is 1. The van der Waals surface area contributed by atoms with Crippen molar-refractivity contribution in [3.63, 3.8) is 0 Å². The van der Waals surface area contributed by atoms with Crippen molar-refractivity contribution in [3.8, 4) is 5.75 Å². The van der Waals surface area contributed by atoms with Gasteiger partial charge in [-0.25, -0.2) is 4.98 Å². The van der Waals surface area contributed by atoms with Gasteiger partial charge in [-0.05, 0) is 37.8 Å². The lowest BCUT2D eigenvalue weighted by molar-refractivity contribution is 0.282. The highest BCUT2D eigenvalue weighted by molar-refractivity contribution is 6.20. The molecule has 0 radical (unpaired) electrons. The monoisotopic (exact) mass is 306 g/mol. The van der Waals surface area contributed by atoms with Gasteiger partial charge in [0.15, 0.2) is 0 Å². The van der Waals surface area contributed by atoms with E-state index in [0.29, 0.717) is 6.04 Å². The molecule has 21 heavy (non-hydrogen) atoms. The van der Waals surface area contributed by atoms with Crippen molar-refractivity contribution < 1.29 is 4.74 Å². The Bertz CT molecular complexity index is 635. The lowest BCUT2D eigenvalue weighted by Gasteiger charge is -2.30. The second kappa shape index (κ2) is 5.88. The largest absolute Gasteiger partial charge is 0.497 e. The first-order valence-electron chi connectivity index (χ1n) is 7.80. The van der Waals surface area contributed by atoms with Crippen LogP contribution in [-0.4, -0.2) is 16.7 Å². The quantitative estimate of drug-likeness (QED) is 0.738. The SMILES string of the molecule is COc1ccc2nc(C(C)Cl)n(C3CCCC(C)C3)c2c1. The molecule has 0 N–H and O–H groups in total. The van der Waals surface area contributed by atoms with Crippen LogP contribution < -0.4 is 4.74 Å². The molecular weight excluding hydrogens is 284 g/mol. The molecule has 0 spiro atoms. The first-order valence-corrected chi connectivity index (χ1v) is 8.23. The summed E-state index contributed by atoms with van der Waals surface area (Å²) in [6.07, 6.45) is 5.03. The Labute approximate surface area is 131 Å². The van der Waals surface area contributed by atoms with Crippen molar-refractivity contribution >= 4 is 22.6 Å². The van der Waals surface area contributed by atoms with Gasteiger partial charge < -0.3 is 9.30 Å². The highest BCUT2D eigenvalue weighted by Gasteiger charge is 2.26. The van der Waals surface area contributed by atoms with Crippen molar-refractivity contribution in [1.29, 1.82) is 0 Å². The minimum atomic E-state index is -0.0828. The van der Waals surface area contributed by atoms with Gasteiger partial charge >= 0.3 is 0 Å². The van der Waals surface area contributed by atoms with E-state index >= 15 is 0 Å². The van der Waals surface area contributed by atoms with Gasteiger partial charge in [0.05, 0.1) is 23.5 Å². The van der Waals surface area contributed by atoms with Crippen molar-refractivity contribution in [1.82, 2.24) is 9.55 Å². The zero-order valence-electron chi connectivity index (χ0n) is 13.0. The molecule has 1 fully saturated rings. The molecule has 2 aromatic rings. The van der Waals surface area contributed by atoms with Crippen LogP contribution in [0.5, 0.6) is 5.75 Å². The van der Waals surface area contributed by atoms with Gasteiger partial charge in [-0.15, -0.1) is 11.6 Å². The number of hydrogen-bond acceptors (Lipinski definition) is 2. The maximum Gasteiger partial charge on any atom is 0.127 e. The lowest BCUT2D eigenvalue weighted by atomic mass is 9.86. The van der Waals surface area contributed by atoms with E-state index in [9.17, 15) is 0 Å². The molecule has 0 bridgehead atoms. The molecule has 3 nitrogen and oxygen atoms in total. The Hall–Kier alpha value is -1.22. The van der Waals surface area contributed by atoms with Crippen molar-refractivity contribution in [2.75, 3.05) is 7.11 Å². The normalized spacial score (nSPS) is 24.2. The van der Waals surface area contributed by atoms with Crippen LogP contribution in [-0.2, 0) is 0 Å². The van der Waals surface area contributed by atoms with Crippen LogP contribution in [0.15, 0.2) is 18.2 Å². The predicted octanol–water partition coefficient (Wildman–Crippen LogP) is 5.10. The van der Waals surface area contributed by atoms with Crippen molar-refractivity contribution in [3.05, 3.63) is 24.0 Å². The number of halogens is 1. The number of alkyl halides is 1. The van der Waals surface area contributed by atoms with Gasteiger partial charge in [-0.3, -0.25) is 0 Å². The fourth-order valence-electron chi connectivity index (χ4n) is 3.52. The zero-order chi connectivity index (χ0) is 15.0. The molecule has 0 saturated heterocycles. The molecule has 1 aliphatic carbocycles. The third-order valence-corrected chi connectivity index (χ3v) is 4.75.